The molecule has 84 valence electrons. The highest BCUT2D eigenvalue weighted by Crippen LogP contribution is 2.23. The molecule has 0 saturated carbocycles. The van der Waals surface area contributed by atoms with Crippen molar-refractivity contribution in [2.75, 3.05) is 0 Å². The monoisotopic (exact) mass is 270 g/mol. The van der Waals surface area contributed by atoms with E-state index in [1.54, 1.807) is 0 Å². The van der Waals surface area contributed by atoms with E-state index < -0.39 is 5.60 Å². The first kappa shape index (κ1) is 12.7. The average molecular weight is 271 g/mol. The summed E-state index contributed by atoms with van der Waals surface area (Å²) in [6.45, 7) is 4.16. The maximum absolute atomic E-state index is 10.3. The van der Waals surface area contributed by atoms with E-state index in [0.29, 0.717) is 0 Å². The van der Waals surface area contributed by atoms with Gasteiger partial charge in [0.1, 0.15) is 0 Å². The highest BCUT2D eigenvalue weighted by atomic mass is 79.9. The molecule has 1 unspecified atom stereocenters. The lowest BCUT2D eigenvalue weighted by Gasteiger charge is -2.26. The molecule has 0 heterocycles. The molecular weight excluding hydrogens is 252 g/mol. The maximum atomic E-state index is 10.3. The molecule has 1 aromatic carbocycles. The molecule has 15 heavy (non-hydrogen) atoms. The Labute approximate surface area is 101 Å². The summed E-state index contributed by atoms with van der Waals surface area (Å²) in [6, 6.07) is 8.19. The van der Waals surface area contributed by atoms with E-state index in [4.69, 9.17) is 0 Å². The van der Waals surface area contributed by atoms with Crippen LogP contribution < -0.4 is 0 Å². The molecule has 0 spiro atoms. The maximum Gasteiger partial charge on any atom is 0.0685 e. The quantitative estimate of drug-likeness (QED) is 0.860. The third-order valence-corrected chi connectivity index (χ3v) is 3.35. The van der Waals surface area contributed by atoms with Gasteiger partial charge in [-0.1, -0.05) is 48.3 Å². The van der Waals surface area contributed by atoms with Gasteiger partial charge in [0, 0.05) is 10.9 Å². The summed E-state index contributed by atoms with van der Waals surface area (Å²) >= 11 is 3.41. The highest BCUT2D eigenvalue weighted by Gasteiger charge is 2.23. The van der Waals surface area contributed by atoms with E-state index in [1.165, 1.54) is 5.56 Å². The van der Waals surface area contributed by atoms with E-state index in [9.17, 15) is 5.11 Å². The van der Waals surface area contributed by atoms with Crippen molar-refractivity contribution in [3.8, 4) is 0 Å². The average Bonchev–Trinajstić information content (AvgIpc) is 2.22. The third-order valence-electron chi connectivity index (χ3n) is 2.82. The third kappa shape index (κ3) is 3.96. The first-order valence-corrected chi connectivity index (χ1v) is 6.36. The molecule has 0 fully saturated rings. The van der Waals surface area contributed by atoms with Gasteiger partial charge in [0.15, 0.2) is 0 Å². The van der Waals surface area contributed by atoms with E-state index in [-0.39, 0.29) is 0 Å². The van der Waals surface area contributed by atoms with Gasteiger partial charge in [-0.25, -0.2) is 0 Å². The van der Waals surface area contributed by atoms with Crippen molar-refractivity contribution in [3.63, 3.8) is 0 Å². The Kier molecular flexibility index (Phi) is 4.81. The van der Waals surface area contributed by atoms with Gasteiger partial charge >= 0.3 is 0 Å². The van der Waals surface area contributed by atoms with Crippen molar-refractivity contribution in [3.05, 3.63) is 34.3 Å². The molecule has 0 saturated heterocycles. The van der Waals surface area contributed by atoms with Crippen LogP contribution in [0.3, 0.4) is 0 Å². The molecule has 0 aliphatic heterocycles. The fourth-order valence-electron chi connectivity index (χ4n) is 1.84. The summed E-state index contributed by atoms with van der Waals surface area (Å²) in [6.07, 6.45) is 3.47. The highest BCUT2D eigenvalue weighted by molar-refractivity contribution is 9.10. The van der Waals surface area contributed by atoms with Crippen LogP contribution in [-0.4, -0.2) is 10.7 Å². The van der Waals surface area contributed by atoms with Crippen molar-refractivity contribution >= 4 is 15.9 Å². The number of hydrogen-bond acceptors (Lipinski definition) is 1. The molecule has 0 amide bonds. The van der Waals surface area contributed by atoms with Crippen molar-refractivity contribution < 1.29 is 5.11 Å². The lowest BCUT2D eigenvalue weighted by Crippen LogP contribution is -2.30. The number of rotatable bonds is 5. The standard InChI is InChI=1S/C13H19BrO/c1-3-9-13(15,4-2)10-11-5-7-12(14)8-6-11/h5-8,15H,3-4,9-10H2,1-2H3. The number of benzene rings is 1. The van der Waals surface area contributed by atoms with Gasteiger partial charge in [0.25, 0.3) is 0 Å². The zero-order valence-corrected chi connectivity index (χ0v) is 11.0. The predicted octanol–water partition coefficient (Wildman–Crippen LogP) is 3.93. The molecule has 0 bridgehead atoms. The van der Waals surface area contributed by atoms with E-state index in [0.717, 1.165) is 30.2 Å². The van der Waals surface area contributed by atoms with Crippen molar-refractivity contribution in [1.82, 2.24) is 0 Å². The van der Waals surface area contributed by atoms with Gasteiger partial charge in [-0.05, 0) is 30.5 Å². The molecule has 0 aliphatic rings. The van der Waals surface area contributed by atoms with Crippen LogP contribution in [0, 0.1) is 0 Å². The molecule has 0 radical (unpaired) electrons. The Balaban J connectivity index is 2.70. The number of halogens is 1. The van der Waals surface area contributed by atoms with Crippen LogP contribution in [0.15, 0.2) is 28.7 Å². The molecule has 1 atom stereocenters. The Morgan fingerprint density at radius 1 is 1.20 bits per heavy atom. The predicted molar refractivity (Wildman–Crippen MR) is 68.0 cm³/mol. The van der Waals surface area contributed by atoms with Gasteiger partial charge < -0.3 is 5.11 Å². The largest absolute Gasteiger partial charge is 0.390 e. The van der Waals surface area contributed by atoms with Crippen molar-refractivity contribution in [1.29, 1.82) is 0 Å². The van der Waals surface area contributed by atoms with Crippen LogP contribution in [0.25, 0.3) is 0 Å². The summed E-state index contributed by atoms with van der Waals surface area (Å²) in [5.41, 5.74) is 0.679. The summed E-state index contributed by atoms with van der Waals surface area (Å²) in [5.74, 6) is 0. The van der Waals surface area contributed by atoms with Crippen molar-refractivity contribution in [2.45, 2.75) is 45.1 Å². The van der Waals surface area contributed by atoms with Crippen LogP contribution >= 0.6 is 15.9 Å². The van der Waals surface area contributed by atoms with E-state index in [2.05, 4.69) is 41.9 Å². The van der Waals surface area contributed by atoms with E-state index >= 15 is 0 Å². The summed E-state index contributed by atoms with van der Waals surface area (Å²) in [7, 11) is 0. The molecular formula is C13H19BrO. The van der Waals surface area contributed by atoms with Crippen molar-refractivity contribution in [2.24, 2.45) is 0 Å². The lowest BCUT2D eigenvalue weighted by molar-refractivity contribution is 0.0271. The number of aliphatic hydroxyl groups is 1. The molecule has 2 heteroatoms. The fourth-order valence-corrected chi connectivity index (χ4v) is 2.10. The van der Waals surface area contributed by atoms with Crippen LogP contribution in [-0.2, 0) is 6.42 Å². The minimum Gasteiger partial charge on any atom is -0.390 e. The van der Waals surface area contributed by atoms with Crippen LogP contribution in [0.2, 0.25) is 0 Å². The fraction of sp³-hybridized carbons (Fsp3) is 0.538. The molecule has 1 N–H and O–H groups in total. The van der Waals surface area contributed by atoms with Gasteiger partial charge in [-0.15, -0.1) is 0 Å². The molecule has 1 rings (SSSR count). The van der Waals surface area contributed by atoms with Gasteiger partial charge in [0.05, 0.1) is 5.60 Å². The smallest absolute Gasteiger partial charge is 0.0685 e. The zero-order chi connectivity index (χ0) is 11.3. The minimum absolute atomic E-state index is 0.525. The Hall–Kier alpha value is -0.340. The van der Waals surface area contributed by atoms with Gasteiger partial charge in [-0.2, -0.15) is 0 Å². The topological polar surface area (TPSA) is 20.2 Å². The second-order valence-electron chi connectivity index (χ2n) is 4.13. The normalized spacial score (nSPS) is 14.9. The summed E-state index contributed by atoms with van der Waals surface area (Å²) in [4.78, 5) is 0. The second kappa shape index (κ2) is 5.66. The molecule has 0 aliphatic carbocycles. The van der Waals surface area contributed by atoms with Crippen LogP contribution in [0.4, 0.5) is 0 Å². The SMILES string of the molecule is CCCC(O)(CC)Cc1ccc(Br)cc1. The minimum atomic E-state index is -0.525. The first-order valence-electron chi connectivity index (χ1n) is 5.56. The lowest BCUT2D eigenvalue weighted by atomic mass is 9.88. The van der Waals surface area contributed by atoms with Gasteiger partial charge in [-0.3, -0.25) is 0 Å². The van der Waals surface area contributed by atoms with Crippen LogP contribution in [0.1, 0.15) is 38.7 Å². The second-order valence-corrected chi connectivity index (χ2v) is 5.05. The number of hydrogen-bond donors (Lipinski definition) is 1. The first-order chi connectivity index (χ1) is 7.09. The van der Waals surface area contributed by atoms with E-state index in [1.807, 2.05) is 12.1 Å². The Morgan fingerprint density at radius 3 is 2.27 bits per heavy atom. The van der Waals surface area contributed by atoms with Crippen LogP contribution in [0.5, 0.6) is 0 Å². The summed E-state index contributed by atoms with van der Waals surface area (Å²) in [5, 5.41) is 10.3. The molecule has 0 aromatic heterocycles. The Morgan fingerprint density at radius 2 is 1.80 bits per heavy atom. The van der Waals surface area contributed by atoms with Gasteiger partial charge in [0.2, 0.25) is 0 Å². The zero-order valence-electron chi connectivity index (χ0n) is 9.46. The molecule has 1 aromatic rings. The Bertz CT molecular complexity index is 294. The summed E-state index contributed by atoms with van der Waals surface area (Å²) < 4.78 is 1.08. The molecule has 1 nitrogen and oxygen atoms in total.